The first-order valence-electron chi connectivity index (χ1n) is 14.3. The Balaban J connectivity index is 1.70. The predicted octanol–water partition coefficient (Wildman–Crippen LogP) is 3.19. The third kappa shape index (κ3) is 8.12. The van der Waals surface area contributed by atoms with Crippen molar-refractivity contribution in [1.82, 2.24) is 20.9 Å². The average Bonchev–Trinajstić information content (AvgIpc) is 3.32. The molecule has 1 unspecified atom stereocenters. The molecule has 1 aliphatic rings. The van der Waals surface area contributed by atoms with Gasteiger partial charge in [0.1, 0.15) is 23.4 Å². The normalized spacial score (nSPS) is 18.1. The van der Waals surface area contributed by atoms with Gasteiger partial charge in [0.2, 0.25) is 17.7 Å². The lowest BCUT2D eigenvalue weighted by molar-refractivity contribution is -0.137. The summed E-state index contributed by atoms with van der Waals surface area (Å²) < 4.78 is 15.7. The standard InChI is InChI=1S/C29H34Cl2N5O9P/c1-3-14(2)23(25(32)37)35-27(39)29(9-8-21-19(13-29)18-11-16(30)12-20(31)24(18)33-21)36-26(38)22(34-28(40)41)10-15-4-6-17(7-5-15)45-46(42,43)44/h4-7,11-12,14,22-23,33-34H,3,8-10,13H2,1-2H3,(H2,32,37)(H,35,39)(H,36,38)(H,40,41)(H2,42,43,44)/t14-,22?,23-,29+/m0/s1. The number of H-pyrrole nitrogens is 1. The van der Waals surface area contributed by atoms with E-state index in [4.69, 9.17) is 38.7 Å². The monoisotopic (exact) mass is 697 g/mol. The van der Waals surface area contributed by atoms with Gasteiger partial charge in [-0.3, -0.25) is 24.2 Å². The fourth-order valence-electron chi connectivity index (χ4n) is 5.58. The second kappa shape index (κ2) is 13.9. The molecule has 0 radical (unpaired) electrons. The van der Waals surface area contributed by atoms with Crippen LogP contribution >= 0.6 is 31.0 Å². The molecule has 4 rings (SSSR count). The summed E-state index contributed by atoms with van der Waals surface area (Å²) in [4.78, 5) is 73.4. The summed E-state index contributed by atoms with van der Waals surface area (Å²) in [5.74, 6) is -2.71. The van der Waals surface area contributed by atoms with Gasteiger partial charge in [0.05, 0.1) is 10.5 Å². The van der Waals surface area contributed by atoms with Crippen LogP contribution in [0.25, 0.3) is 10.9 Å². The smallest absolute Gasteiger partial charge is 0.465 e. The number of rotatable bonds is 12. The molecule has 0 bridgehead atoms. The number of fused-ring (bicyclic) bond motifs is 3. The zero-order valence-corrected chi connectivity index (χ0v) is 27.2. The molecule has 17 heteroatoms. The molecule has 0 aliphatic heterocycles. The van der Waals surface area contributed by atoms with Crippen LogP contribution in [0.5, 0.6) is 5.75 Å². The number of carbonyl (C=O) groups excluding carboxylic acids is 3. The molecular formula is C29H34Cl2N5O9P. The van der Waals surface area contributed by atoms with Crippen LogP contribution in [-0.2, 0) is 38.2 Å². The third-order valence-electron chi connectivity index (χ3n) is 8.11. The summed E-state index contributed by atoms with van der Waals surface area (Å²) in [5.41, 5.74) is 6.46. The van der Waals surface area contributed by atoms with Gasteiger partial charge < -0.3 is 36.3 Å². The maximum absolute atomic E-state index is 14.1. The first-order valence-corrected chi connectivity index (χ1v) is 16.5. The molecule has 0 saturated carbocycles. The Hall–Kier alpha value is -3.81. The molecule has 1 aliphatic carbocycles. The van der Waals surface area contributed by atoms with Gasteiger partial charge in [-0.25, -0.2) is 9.36 Å². The summed E-state index contributed by atoms with van der Waals surface area (Å²) in [6.45, 7) is 3.59. The number of aromatic amines is 1. The van der Waals surface area contributed by atoms with Gasteiger partial charge in [-0.2, -0.15) is 0 Å². The van der Waals surface area contributed by atoms with E-state index in [0.29, 0.717) is 38.5 Å². The van der Waals surface area contributed by atoms with E-state index in [0.717, 1.165) is 5.69 Å². The lowest BCUT2D eigenvalue weighted by Gasteiger charge is -2.39. The van der Waals surface area contributed by atoms with Crippen molar-refractivity contribution in [2.75, 3.05) is 0 Å². The topological polar surface area (TPSA) is 233 Å². The fraction of sp³-hybridized carbons (Fsp3) is 0.379. The Morgan fingerprint density at radius 3 is 2.39 bits per heavy atom. The minimum Gasteiger partial charge on any atom is -0.465 e. The van der Waals surface area contributed by atoms with Gasteiger partial charge in [0, 0.05) is 28.9 Å². The summed E-state index contributed by atoms with van der Waals surface area (Å²) in [6.07, 6.45) is -0.843. The van der Waals surface area contributed by atoms with Gasteiger partial charge in [-0.15, -0.1) is 0 Å². The molecule has 14 nitrogen and oxygen atoms in total. The molecule has 3 aromatic rings. The molecule has 0 fully saturated rings. The van der Waals surface area contributed by atoms with Gasteiger partial charge in [-0.1, -0.05) is 55.6 Å². The molecular weight excluding hydrogens is 664 g/mol. The van der Waals surface area contributed by atoms with Gasteiger partial charge in [0.15, 0.2) is 0 Å². The highest BCUT2D eigenvalue weighted by atomic mass is 35.5. The number of hydrogen-bond donors (Lipinski definition) is 8. The van der Waals surface area contributed by atoms with Crippen LogP contribution in [-0.4, -0.2) is 61.3 Å². The molecule has 0 spiro atoms. The fourth-order valence-corrected chi connectivity index (χ4v) is 6.52. The van der Waals surface area contributed by atoms with E-state index in [9.17, 15) is 28.8 Å². The lowest BCUT2D eigenvalue weighted by atomic mass is 9.78. The number of primary amides is 1. The molecule has 4 amide bonds. The van der Waals surface area contributed by atoms with Gasteiger partial charge in [0.25, 0.3) is 0 Å². The van der Waals surface area contributed by atoms with Gasteiger partial charge in [-0.05, 0) is 54.2 Å². The number of phosphoric ester groups is 1. The number of hydrogen-bond acceptors (Lipinski definition) is 6. The number of phosphoric acid groups is 1. The van der Waals surface area contributed by atoms with E-state index in [1.165, 1.54) is 24.3 Å². The lowest BCUT2D eigenvalue weighted by Crippen LogP contribution is -2.66. The SMILES string of the molecule is CC[C@H](C)[C@H](NC(=O)[C@@]1(NC(=O)C(Cc2ccc(OP(=O)(O)O)cc2)NC(=O)O)CCc2[nH]c3c(Cl)cc(Cl)cc3c2C1)C(N)=O. The summed E-state index contributed by atoms with van der Waals surface area (Å²) in [7, 11) is -4.81. The molecule has 2 aromatic carbocycles. The number of aromatic nitrogens is 1. The Kier molecular flexibility index (Phi) is 10.6. The largest absolute Gasteiger partial charge is 0.524 e. The Morgan fingerprint density at radius 2 is 1.80 bits per heavy atom. The number of carboxylic acid groups (broad SMARTS) is 1. The van der Waals surface area contributed by atoms with E-state index < -0.39 is 49.3 Å². The Morgan fingerprint density at radius 1 is 1.13 bits per heavy atom. The number of nitrogens with two attached hydrogens (primary N) is 1. The summed E-state index contributed by atoms with van der Waals surface area (Å²) in [5, 5.41) is 18.6. The number of halogens is 2. The average molecular weight is 698 g/mol. The predicted molar refractivity (Wildman–Crippen MR) is 170 cm³/mol. The summed E-state index contributed by atoms with van der Waals surface area (Å²) in [6, 6.07) is 6.16. The Labute approximate surface area is 273 Å². The maximum atomic E-state index is 14.1. The van der Waals surface area contributed by atoms with Crippen molar-refractivity contribution in [3.63, 3.8) is 0 Å². The number of nitrogens with one attached hydrogen (secondary N) is 4. The van der Waals surface area contributed by atoms with Gasteiger partial charge >= 0.3 is 13.9 Å². The third-order valence-corrected chi connectivity index (χ3v) is 9.07. The minimum atomic E-state index is -4.81. The highest BCUT2D eigenvalue weighted by Gasteiger charge is 2.46. The van der Waals surface area contributed by atoms with Crippen LogP contribution in [0, 0.1) is 5.92 Å². The van der Waals surface area contributed by atoms with Crippen molar-refractivity contribution in [3.05, 3.63) is 63.3 Å². The van der Waals surface area contributed by atoms with Crippen molar-refractivity contribution >= 4 is 65.7 Å². The second-order valence-corrected chi connectivity index (χ2v) is 13.3. The molecule has 0 saturated heterocycles. The van der Waals surface area contributed by atoms with Crippen LogP contribution in [0.4, 0.5) is 4.79 Å². The first-order chi connectivity index (χ1) is 21.5. The van der Waals surface area contributed by atoms with Crippen molar-refractivity contribution in [2.45, 2.75) is 63.6 Å². The zero-order valence-electron chi connectivity index (χ0n) is 24.8. The van der Waals surface area contributed by atoms with Crippen LogP contribution < -0.4 is 26.2 Å². The van der Waals surface area contributed by atoms with Crippen LogP contribution in [0.15, 0.2) is 36.4 Å². The van der Waals surface area contributed by atoms with Crippen molar-refractivity contribution < 1.29 is 43.2 Å². The van der Waals surface area contributed by atoms with Crippen molar-refractivity contribution in [1.29, 1.82) is 0 Å². The molecule has 46 heavy (non-hydrogen) atoms. The minimum absolute atomic E-state index is 0.0449. The molecule has 248 valence electrons. The van der Waals surface area contributed by atoms with E-state index in [1.54, 1.807) is 19.1 Å². The maximum Gasteiger partial charge on any atom is 0.524 e. The molecule has 9 N–H and O–H groups in total. The van der Waals surface area contributed by atoms with E-state index in [1.807, 2.05) is 6.92 Å². The van der Waals surface area contributed by atoms with Crippen LogP contribution in [0.3, 0.4) is 0 Å². The second-order valence-electron chi connectivity index (χ2n) is 11.3. The number of benzene rings is 2. The highest BCUT2D eigenvalue weighted by Crippen LogP contribution is 2.39. The zero-order chi connectivity index (χ0) is 34.0. The molecule has 1 heterocycles. The molecule has 1 aromatic heterocycles. The number of amides is 4. The first kappa shape index (κ1) is 35.1. The quantitative estimate of drug-likeness (QED) is 0.130. The Bertz CT molecular complexity index is 1710. The highest BCUT2D eigenvalue weighted by molar-refractivity contribution is 7.46. The van der Waals surface area contributed by atoms with Crippen LogP contribution in [0.1, 0.15) is 43.5 Å². The van der Waals surface area contributed by atoms with Crippen molar-refractivity contribution in [2.24, 2.45) is 11.7 Å². The summed E-state index contributed by atoms with van der Waals surface area (Å²) >= 11 is 12.7. The van der Waals surface area contributed by atoms with E-state index in [2.05, 4.69) is 25.5 Å². The number of carbonyl (C=O) groups is 4. The molecule has 4 atom stereocenters. The van der Waals surface area contributed by atoms with Crippen molar-refractivity contribution in [3.8, 4) is 5.75 Å². The van der Waals surface area contributed by atoms with E-state index in [-0.39, 0.29) is 37.4 Å². The van der Waals surface area contributed by atoms with Crippen LogP contribution in [0.2, 0.25) is 10.0 Å². The van der Waals surface area contributed by atoms with E-state index >= 15 is 0 Å². The number of aryl methyl sites for hydroxylation is 1.